The molecule has 1 aliphatic rings. The van der Waals surface area contributed by atoms with Gasteiger partial charge in [0, 0.05) is 11.1 Å². The molecule has 1 aromatic heterocycles. The number of hydrogen-bond acceptors (Lipinski definition) is 6. The van der Waals surface area contributed by atoms with Crippen LogP contribution < -0.4 is 19.9 Å². The van der Waals surface area contributed by atoms with Crippen LogP contribution in [0, 0.1) is 0 Å². The molecule has 0 saturated carbocycles. The molecule has 2 aromatic carbocycles. The Morgan fingerprint density at radius 3 is 2.62 bits per heavy atom. The van der Waals surface area contributed by atoms with Crippen LogP contribution in [0.15, 0.2) is 48.5 Å². The summed E-state index contributed by atoms with van der Waals surface area (Å²) >= 11 is 0. The van der Waals surface area contributed by atoms with Crippen molar-refractivity contribution in [2.45, 2.75) is 0 Å². The largest absolute Gasteiger partial charge is 0.496 e. The molecular formula is C18H15N3O3. The van der Waals surface area contributed by atoms with Gasteiger partial charge in [-0.3, -0.25) is 0 Å². The average molecular weight is 321 g/mol. The van der Waals surface area contributed by atoms with Crippen molar-refractivity contribution in [3.8, 4) is 39.8 Å². The highest BCUT2D eigenvalue weighted by Crippen LogP contribution is 2.37. The highest BCUT2D eigenvalue weighted by Gasteiger charge is 2.16. The van der Waals surface area contributed by atoms with Gasteiger partial charge >= 0.3 is 0 Å². The Labute approximate surface area is 138 Å². The zero-order valence-corrected chi connectivity index (χ0v) is 13.0. The van der Waals surface area contributed by atoms with Crippen molar-refractivity contribution >= 4 is 5.95 Å². The summed E-state index contributed by atoms with van der Waals surface area (Å²) in [5, 5.41) is 0. The van der Waals surface area contributed by atoms with Gasteiger partial charge < -0.3 is 19.9 Å². The molecule has 0 unspecified atom stereocenters. The molecule has 24 heavy (non-hydrogen) atoms. The topological polar surface area (TPSA) is 79.5 Å². The Balaban J connectivity index is 1.82. The van der Waals surface area contributed by atoms with E-state index in [2.05, 4.69) is 9.97 Å². The molecule has 4 rings (SSSR count). The monoisotopic (exact) mass is 321 g/mol. The molecule has 1 aliphatic heterocycles. The SMILES string of the molecule is COc1ccccc1-c1cc(-c2ccc3c(c2)OCO3)nc(N)n1. The van der Waals surface area contributed by atoms with Crippen LogP contribution in [-0.4, -0.2) is 23.9 Å². The summed E-state index contributed by atoms with van der Waals surface area (Å²) in [5.74, 6) is 2.35. The molecule has 2 N–H and O–H groups in total. The fraction of sp³-hybridized carbons (Fsp3) is 0.111. The minimum absolute atomic E-state index is 0.200. The van der Waals surface area contributed by atoms with Crippen LogP contribution in [0.4, 0.5) is 5.95 Å². The molecule has 0 radical (unpaired) electrons. The van der Waals surface area contributed by atoms with Crippen molar-refractivity contribution in [3.63, 3.8) is 0 Å². The lowest BCUT2D eigenvalue weighted by molar-refractivity contribution is 0.174. The van der Waals surface area contributed by atoms with Gasteiger partial charge in [-0.05, 0) is 36.4 Å². The van der Waals surface area contributed by atoms with Gasteiger partial charge in [-0.1, -0.05) is 12.1 Å². The Kier molecular flexibility index (Phi) is 3.42. The second kappa shape index (κ2) is 5.73. The lowest BCUT2D eigenvalue weighted by Crippen LogP contribution is -1.99. The van der Waals surface area contributed by atoms with E-state index in [4.69, 9.17) is 19.9 Å². The van der Waals surface area contributed by atoms with E-state index >= 15 is 0 Å². The van der Waals surface area contributed by atoms with E-state index in [0.717, 1.165) is 22.6 Å². The van der Waals surface area contributed by atoms with Crippen LogP contribution in [0.1, 0.15) is 0 Å². The summed E-state index contributed by atoms with van der Waals surface area (Å²) < 4.78 is 16.2. The first kappa shape index (κ1) is 14.3. The molecule has 0 saturated heterocycles. The van der Waals surface area contributed by atoms with Crippen LogP contribution in [-0.2, 0) is 0 Å². The van der Waals surface area contributed by atoms with Gasteiger partial charge in [0.25, 0.3) is 0 Å². The quantitative estimate of drug-likeness (QED) is 0.798. The highest BCUT2D eigenvalue weighted by molar-refractivity contribution is 5.74. The second-order valence-corrected chi connectivity index (χ2v) is 5.26. The number of nitrogen functional groups attached to an aromatic ring is 1. The number of aromatic nitrogens is 2. The van der Waals surface area contributed by atoms with E-state index in [0.29, 0.717) is 17.1 Å². The molecule has 120 valence electrons. The van der Waals surface area contributed by atoms with Gasteiger partial charge in [0.1, 0.15) is 5.75 Å². The van der Waals surface area contributed by atoms with Gasteiger partial charge in [0.15, 0.2) is 11.5 Å². The minimum Gasteiger partial charge on any atom is -0.496 e. The number of anilines is 1. The maximum Gasteiger partial charge on any atom is 0.231 e. The number of para-hydroxylation sites is 1. The van der Waals surface area contributed by atoms with Crippen LogP contribution in [0.3, 0.4) is 0 Å². The molecule has 0 amide bonds. The predicted molar refractivity (Wildman–Crippen MR) is 90.0 cm³/mol. The highest BCUT2D eigenvalue weighted by atomic mass is 16.7. The van der Waals surface area contributed by atoms with Crippen LogP contribution >= 0.6 is 0 Å². The first-order chi connectivity index (χ1) is 11.7. The molecule has 0 bridgehead atoms. The van der Waals surface area contributed by atoms with E-state index in [1.165, 1.54) is 0 Å². The third kappa shape index (κ3) is 2.48. The normalized spacial score (nSPS) is 12.2. The van der Waals surface area contributed by atoms with Gasteiger partial charge in [-0.2, -0.15) is 0 Å². The molecule has 0 spiro atoms. The van der Waals surface area contributed by atoms with Crippen molar-refractivity contribution < 1.29 is 14.2 Å². The number of benzene rings is 2. The maximum atomic E-state index is 5.92. The number of methoxy groups -OCH3 is 1. The van der Waals surface area contributed by atoms with Gasteiger partial charge in [-0.25, -0.2) is 9.97 Å². The van der Waals surface area contributed by atoms with Crippen molar-refractivity contribution in [1.82, 2.24) is 9.97 Å². The molecule has 6 nitrogen and oxygen atoms in total. The molecule has 2 heterocycles. The van der Waals surface area contributed by atoms with Gasteiger partial charge in [0.05, 0.1) is 18.5 Å². The summed E-state index contributed by atoms with van der Waals surface area (Å²) in [6, 6.07) is 15.2. The summed E-state index contributed by atoms with van der Waals surface area (Å²) in [4.78, 5) is 8.68. The van der Waals surface area contributed by atoms with Crippen molar-refractivity contribution in [1.29, 1.82) is 0 Å². The summed E-state index contributed by atoms with van der Waals surface area (Å²) in [5.41, 5.74) is 9.07. The van der Waals surface area contributed by atoms with E-state index in [1.807, 2.05) is 48.5 Å². The lowest BCUT2D eigenvalue weighted by atomic mass is 10.1. The van der Waals surface area contributed by atoms with E-state index in [1.54, 1.807) is 7.11 Å². The molecule has 6 heteroatoms. The van der Waals surface area contributed by atoms with Crippen LogP contribution in [0.25, 0.3) is 22.5 Å². The molecule has 0 fully saturated rings. The number of ether oxygens (including phenoxy) is 3. The maximum absolute atomic E-state index is 5.92. The number of nitrogens with two attached hydrogens (primary N) is 1. The predicted octanol–water partition coefficient (Wildman–Crippen LogP) is 3.13. The zero-order chi connectivity index (χ0) is 16.5. The number of hydrogen-bond donors (Lipinski definition) is 1. The van der Waals surface area contributed by atoms with E-state index < -0.39 is 0 Å². The number of rotatable bonds is 3. The lowest BCUT2D eigenvalue weighted by Gasteiger charge is -2.10. The third-order valence-electron chi connectivity index (χ3n) is 3.79. The van der Waals surface area contributed by atoms with Crippen LogP contribution in [0.2, 0.25) is 0 Å². The second-order valence-electron chi connectivity index (χ2n) is 5.26. The smallest absolute Gasteiger partial charge is 0.231 e. The first-order valence-corrected chi connectivity index (χ1v) is 7.42. The van der Waals surface area contributed by atoms with Gasteiger partial charge in [-0.15, -0.1) is 0 Å². The number of nitrogens with zero attached hydrogens (tertiary/aromatic N) is 2. The van der Waals surface area contributed by atoms with E-state index in [-0.39, 0.29) is 12.7 Å². The average Bonchev–Trinajstić information content (AvgIpc) is 3.09. The fourth-order valence-electron chi connectivity index (χ4n) is 2.66. The zero-order valence-electron chi connectivity index (χ0n) is 13.0. The standard InChI is InChI=1S/C18H15N3O3/c1-22-15-5-3-2-4-12(15)14-9-13(20-18(19)21-14)11-6-7-16-17(8-11)24-10-23-16/h2-9H,10H2,1H3,(H2,19,20,21). The molecule has 3 aromatic rings. The third-order valence-corrected chi connectivity index (χ3v) is 3.79. The molecule has 0 aliphatic carbocycles. The first-order valence-electron chi connectivity index (χ1n) is 7.42. The van der Waals surface area contributed by atoms with Crippen molar-refractivity contribution in [3.05, 3.63) is 48.5 Å². The molecular weight excluding hydrogens is 306 g/mol. The van der Waals surface area contributed by atoms with Crippen molar-refractivity contribution in [2.75, 3.05) is 19.6 Å². The van der Waals surface area contributed by atoms with Crippen LogP contribution in [0.5, 0.6) is 17.2 Å². The fourth-order valence-corrected chi connectivity index (χ4v) is 2.66. The Bertz CT molecular complexity index is 912. The Morgan fingerprint density at radius 1 is 0.958 bits per heavy atom. The van der Waals surface area contributed by atoms with Gasteiger partial charge in [0.2, 0.25) is 12.7 Å². The Morgan fingerprint density at radius 2 is 1.75 bits per heavy atom. The summed E-state index contributed by atoms with van der Waals surface area (Å²) in [6.45, 7) is 0.233. The summed E-state index contributed by atoms with van der Waals surface area (Å²) in [6.07, 6.45) is 0. The Hall–Kier alpha value is -3.28. The number of fused-ring (bicyclic) bond motifs is 1. The minimum atomic E-state index is 0.200. The summed E-state index contributed by atoms with van der Waals surface area (Å²) in [7, 11) is 1.63. The van der Waals surface area contributed by atoms with Crippen molar-refractivity contribution in [2.24, 2.45) is 0 Å². The molecule has 0 atom stereocenters. The van der Waals surface area contributed by atoms with E-state index in [9.17, 15) is 0 Å².